The van der Waals surface area contributed by atoms with E-state index in [-0.39, 0.29) is 6.29 Å². The van der Waals surface area contributed by atoms with Crippen molar-refractivity contribution in [2.75, 3.05) is 32.0 Å². The van der Waals surface area contributed by atoms with Crippen LogP contribution in [0, 0.1) is 0 Å². The van der Waals surface area contributed by atoms with Gasteiger partial charge >= 0.3 is 0 Å². The molecule has 1 aliphatic heterocycles. The van der Waals surface area contributed by atoms with Crippen LogP contribution in [0.4, 0.5) is 0 Å². The number of ether oxygens (including phenoxy) is 3. The first-order valence-corrected chi connectivity index (χ1v) is 7.68. The van der Waals surface area contributed by atoms with Crippen molar-refractivity contribution in [3.05, 3.63) is 11.6 Å². The van der Waals surface area contributed by atoms with Crippen molar-refractivity contribution in [3.8, 4) is 0 Å². The third-order valence-electron chi connectivity index (χ3n) is 2.62. The van der Waals surface area contributed by atoms with Crippen molar-refractivity contribution in [1.29, 1.82) is 0 Å². The van der Waals surface area contributed by atoms with Gasteiger partial charge in [0.2, 0.25) is 0 Å². The lowest BCUT2D eigenvalue weighted by Gasteiger charge is -2.22. The van der Waals surface area contributed by atoms with E-state index in [1.807, 2.05) is 11.8 Å². The molecule has 3 nitrogen and oxygen atoms in total. The summed E-state index contributed by atoms with van der Waals surface area (Å²) in [6.45, 7) is 3.90. The third-order valence-corrected chi connectivity index (χ3v) is 3.26. The Kier molecular flexibility index (Phi) is 8.79. The number of thioether (sulfide) groups is 1. The molecule has 1 atom stereocenters. The van der Waals surface area contributed by atoms with Gasteiger partial charge < -0.3 is 14.2 Å². The average molecular weight is 260 g/mol. The van der Waals surface area contributed by atoms with Crippen LogP contribution < -0.4 is 0 Å². The minimum Gasteiger partial charge on any atom is -0.353 e. The molecule has 1 aliphatic rings. The predicted molar refractivity (Wildman–Crippen MR) is 72.3 cm³/mol. The summed E-state index contributed by atoms with van der Waals surface area (Å²) in [4.78, 5) is 0. The van der Waals surface area contributed by atoms with Crippen LogP contribution in [0.2, 0.25) is 0 Å². The number of hydrogen-bond acceptors (Lipinski definition) is 4. The van der Waals surface area contributed by atoms with Crippen molar-refractivity contribution in [3.63, 3.8) is 0 Å². The summed E-state index contributed by atoms with van der Waals surface area (Å²) in [5, 5.41) is 0. The molecule has 0 aromatic carbocycles. The second-order valence-electron chi connectivity index (χ2n) is 4.26. The van der Waals surface area contributed by atoms with Crippen LogP contribution in [-0.4, -0.2) is 38.3 Å². The van der Waals surface area contributed by atoms with Crippen molar-refractivity contribution in [2.45, 2.75) is 38.9 Å². The molecular formula is C13H24O3S. The summed E-state index contributed by atoms with van der Waals surface area (Å²) < 4.78 is 16.4. The molecule has 4 heteroatoms. The zero-order valence-electron chi connectivity index (χ0n) is 10.9. The Bertz CT molecular complexity index is 213. The van der Waals surface area contributed by atoms with Gasteiger partial charge in [0, 0.05) is 6.61 Å². The second kappa shape index (κ2) is 9.95. The van der Waals surface area contributed by atoms with Gasteiger partial charge in [0.25, 0.3) is 0 Å². The Morgan fingerprint density at radius 1 is 1.47 bits per heavy atom. The molecule has 0 aromatic heterocycles. The Balaban J connectivity index is 1.97. The molecule has 0 N–H and O–H groups in total. The van der Waals surface area contributed by atoms with Gasteiger partial charge in [-0.2, -0.15) is 11.8 Å². The molecule has 0 saturated carbocycles. The van der Waals surface area contributed by atoms with Crippen LogP contribution in [0.3, 0.4) is 0 Å². The number of allylic oxidation sites excluding steroid dienone is 1. The van der Waals surface area contributed by atoms with Gasteiger partial charge in [-0.25, -0.2) is 0 Å². The van der Waals surface area contributed by atoms with Crippen LogP contribution in [0.1, 0.15) is 32.6 Å². The fourth-order valence-corrected chi connectivity index (χ4v) is 2.00. The van der Waals surface area contributed by atoms with Gasteiger partial charge in [-0.05, 0) is 44.6 Å². The second-order valence-corrected chi connectivity index (χ2v) is 5.25. The molecule has 0 spiro atoms. The van der Waals surface area contributed by atoms with Crippen molar-refractivity contribution < 1.29 is 14.2 Å². The maximum Gasteiger partial charge on any atom is 0.160 e. The van der Waals surface area contributed by atoms with Crippen LogP contribution in [0.25, 0.3) is 0 Å². The summed E-state index contributed by atoms with van der Waals surface area (Å²) >= 11 is 1.86. The quantitative estimate of drug-likeness (QED) is 0.380. The van der Waals surface area contributed by atoms with Gasteiger partial charge in [-0.3, -0.25) is 0 Å². The monoisotopic (exact) mass is 260 g/mol. The van der Waals surface area contributed by atoms with E-state index in [0.29, 0.717) is 13.4 Å². The molecule has 0 radical (unpaired) electrons. The summed E-state index contributed by atoms with van der Waals surface area (Å²) in [6.07, 6.45) is 8.75. The lowest BCUT2D eigenvalue weighted by atomic mass is 10.2. The fraction of sp³-hybridized carbons (Fsp3) is 0.846. The molecule has 0 aliphatic carbocycles. The van der Waals surface area contributed by atoms with Gasteiger partial charge in [-0.1, -0.05) is 11.6 Å². The minimum absolute atomic E-state index is 0.0514. The van der Waals surface area contributed by atoms with Gasteiger partial charge in [-0.15, -0.1) is 0 Å². The molecular weight excluding hydrogens is 236 g/mol. The van der Waals surface area contributed by atoms with E-state index >= 15 is 0 Å². The zero-order chi connectivity index (χ0) is 12.3. The Morgan fingerprint density at radius 3 is 3.06 bits per heavy atom. The Hall–Kier alpha value is -0.0300. The lowest BCUT2D eigenvalue weighted by molar-refractivity contribution is -0.206. The van der Waals surface area contributed by atoms with E-state index in [9.17, 15) is 0 Å². The summed E-state index contributed by atoms with van der Waals surface area (Å²) in [5.41, 5.74) is 1.27. The fourth-order valence-electron chi connectivity index (χ4n) is 1.65. The highest BCUT2D eigenvalue weighted by Gasteiger charge is 2.13. The van der Waals surface area contributed by atoms with Crippen molar-refractivity contribution in [1.82, 2.24) is 0 Å². The minimum atomic E-state index is -0.0514. The highest BCUT2D eigenvalue weighted by Crippen LogP contribution is 2.13. The van der Waals surface area contributed by atoms with Crippen molar-refractivity contribution in [2.24, 2.45) is 0 Å². The first-order valence-electron chi connectivity index (χ1n) is 6.28. The number of rotatable bonds is 8. The van der Waals surface area contributed by atoms with E-state index in [1.54, 1.807) is 0 Å². The Morgan fingerprint density at radius 2 is 2.35 bits per heavy atom. The maximum atomic E-state index is 5.48. The highest BCUT2D eigenvalue weighted by atomic mass is 32.2. The maximum absolute atomic E-state index is 5.48. The van der Waals surface area contributed by atoms with E-state index < -0.39 is 0 Å². The molecule has 1 unspecified atom stereocenters. The lowest BCUT2D eigenvalue weighted by Crippen LogP contribution is -2.23. The topological polar surface area (TPSA) is 27.7 Å². The largest absolute Gasteiger partial charge is 0.353 e. The van der Waals surface area contributed by atoms with Crippen LogP contribution in [0.5, 0.6) is 0 Å². The van der Waals surface area contributed by atoms with Gasteiger partial charge in [0.1, 0.15) is 6.79 Å². The molecule has 100 valence electrons. The SMILES string of the molecule is CSCCC=C(C)COCOC1CCCCO1. The van der Waals surface area contributed by atoms with E-state index in [0.717, 1.165) is 25.9 Å². The molecule has 1 fully saturated rings. The third kappa shape index (κ3) is 7.82. The molecule has 1 heterocycles. The molecule has 1 rings (SSSR count). The molecule has 1 saturated heterocycles. The molecule has 0 bridgehead atoms. The average Bonchev–Trinajstić information content (AvgIpc) is 2.36. The predicted octanol–water partition coefficient (Wildman–Crippen LogP) is 3.20. The van der Waals surface area contributed by atoms with E-state index in [1.165, 1.54) is 17.7 Å². The van der Waals surface area contributed by atoms with E-state index in [4.69, 9.17) is 14.2 Å². The standard InChI is InChI=1S/C13H24O3S/c1-12(6-5-9-17-2)10-14-11-16-13-7-3-4-8-15-13/h6,13H,3-5,7-11H2,1-2H3. The van der Waals surface area contributed by atoms with Crippen LogP contribution in [-0.2, 0) is 14.2 Å². The van der Waals surface area contributed by atoms with Gasteiger partial charge in [0.15, 0.2) is 6.29 Å². The normalized spacial score (nSPS) is 21.8. The smallest absolute Gasteiger partial charge is 0.160 e. The molecule has 0 aromatic rings. The highest BCUT2D eigenvalue weighted by molar-refractivity contribution is 7.98. The Labute approximate surface area is 109 Å². The first kappa shape index (κ1) is 15.0. The van der Waals surface area contributed by atoms with E-state index in [2.05, 4.69) is 19.3 Å². The summed E-state index contributed by atoms with van der Waals surface area (Å²) in [5.74, 6) is 1.17. The van der Waals surface area contributed by atoms with Crippen LogP contribution in [0.15, 0.2) is 11.6 Å². The molecule has 0 amide bonds. The van der Waals surface area contributed by atoms with Crippen molar-refractivity contribution >= 4 is 11.8 Å². The van der Waals surface area contributed by atoms with Gasteiger partial charge in [0.05, 0.1) is 6.61 Å². The first-order chi connectivity index (χ1) is 8.33. The van der Waals surface area contributed by atoms with Crippen LogP contribution >= 0.6 is 11.8 Å². The zero-order valence-corrected chi connectivity index (χ0v) is 11.8. The number of hydrogen-bond donors (Lipinski definition) is 0. The summed E-state index contributed by atoms with van der Waals surface area (Å²) in [6, 6.07) is 0. The summed E-state index contributed by atoms with van der Waals surface area (Å²) in [7, 11) is 0. The molecule has 17 heavy (non-hydrogen) atoms.